The molecule has 1 fully saturated rings. The van der Waals surface area contributed by atoms with Crippen molar-refractivity contribution >= 4 is 43.7 Å². The van der Waals surface area contributed by atoms with E-state index in [-0.39, 0.29) is 23.5 Å². The van der Waals surface area contributed by atoms with Crippen molar-refractivity contribution in [2.45, 2.75) is 33.2 Å². The Bertz CT molecular complexity index is 1280. The lowest BCUT2D eigenvalue weighted by atomic mass is 10.1. The van der Waals surface area contributed by atoms with Gasteiger partial charge in [-0.1, -0.05) is 17.4 Å². The molecule has 3 heterocycles. The summed E-state index contributed by atoms with van der Waals surface area (Å²) in [5.74, 6) is 1.32. The molecule has 1 aromatic carbocycles. The van der Waals surface area contributed by atoms with E-state index in [0.29, 0.717) is 28.0 Å². The zero-order valence-electron chi connectivity index (χ0n) is 18.3. The number of hydrogen-bond donors (Lipinski definition) is 2. The lowest BCUT2D eigenvalue weighted by Gasteiger charge is -2.14. The third-order valence-electron chi connectivity index (χ3n) is 5.52. The SMILES string of the molecule is COc1ccc(C)c(NC(=O)c2cnc(Nc3cc(C)n(C4CCS(=O)(=O)C4)n3)s2)c1C. The van der Waals surface area contributed by atoms with Crippen LogP contribution in [0.3, 0.4) is 0 Å². The predicted molar refractivity (Wildman–Crippen MR) is 125 cm³/mol. The van der Waals surface area contributed by atoms with E-state index < -0.39 is 9.84 Å². The monoisotopic (exact) mass is 475 g/mol. The maximum Gasteiger partial charge on any atom is 0.267 e. The number of ether oxygens (including phenoxy) is 1. The van der Waals surface area contributed by atoms with Crippen LogP contribution in [0.1, 0.15) is 39.0 Å². The maximum atomic E-state index is 12.8. The third-order valence-corrected chi connectivity index (χ3v) is 8.19. The molecule has 1 atom stereocenters. The first-order valence-corrected chi connectivity index (χ1v) is 12.8. The number of carbonyl (C=O) groups excluding carboxylic acids is 1. The van der Waals surface area contributed by atoms with E-state index in [0.717, 1.165) is 22.5 Å². The molecular weight excluding hydrogens is 450 g/mol. The summed E-state index contributed by atoms with van der Waals surface area (Å²) in [5, 5.41) is 11.1. The summed E-state index contributed by atoms with van der Waals surface area (Å²) < 4.78 is 30.7. The molecule has 1 aliphatic heterocycles. The summed E-state index contributed by atoms with van der Waals surface area (Å²) in [6, 6.07) is 5.46. The van der Waals surface area contributed by atoms with E-state index >= 15 is 0 Å². The van der Waals surface area contributed by atoms with Gasteiger partial charge < -0.3 is 15.4 Å². The molecule has 0 aliphatic carbocycles. The first-order chi connectivity index (χ1) is 15.2. The van der Waals surface area contributed by atoms with Crippen molar-refractivity contribution in [1.82, 2.24) is 14.8 Å². The Morgan fingerprint density at radius 2 is 2.06 bits per heavy atom. The zero-order valence-corrected chi connectivity index (χ0v) is 19.9. The van der Waals surface area contributed by atoms with E-state index in [2.05, 4.69) is 20.7 Å². The number of sulfone groups is 1. The largest absolute Gasteiger partial charge is 0.496 e. The minimum absolute atomic E-state index is 0.111. The summed E-state index contributed by atoms with van der Waals surface area (Å²) in [6.07, 6.45) is 2.08. The van der Waals surface area contributed by atoms with Gasteiger partial charge in [0.1, 0.15) is 10.6 Å². The number of rotatable bonds is 6. The number of methoxy groups -OCH3 is 1. The van der Waals surface area contributed by atoms with Crippen LogP contribution in [0.2, 0.25) is 0 Å². The smallest absolute Gasteiger partial charge is 0.267 e. The minimum Gasteiger partial charge on any atom is -0.496 e. The van der Waals surface area contributed by atoms with Crippen molar-refractivity contribution in [1.29, 1.82) is 0 Å². The van der Waals surface area contributed by atoms with Crippen molar-refractivity contribution in [2.24, 2.45) is 0 Å². The maximum absolute atomic E-state index is 12.8. The van der Waals surface area contributed by atoms with Crippen molar-refractivity contribution in [3.05, 3.63) is 46.1 Å². The van der Waals surface area contributed by atoms with Gasteiger partial charge in [-0.05, 0) is 38.8 Å². The fraction of sp³-hybridized carbons (Fsp3) is 0.381. The number of nitrogens with zero attached hydrogens (tertiary/aromatic N) is 3. The number of benzene rings is 1. The quantitative estimate of drug-likeness (QED) is 0.559. The van der Waals surface area contributed by atoms with Gasteiger partial charge in [0.25, 0.3) is 5.91 Å². The van der Waals surface area contributed by atoms with Gasteiger partial charge in [-0.25, -0.2) is 13.4 Å². The molecule has 0 saturated carbocycles. The van der Waals surface area contributed by atoms with Crippen LogP contribution in [0.5, 0.6) is 5.75 Å². The van der Waals surface area contributed by atoms with Crippen LogP contribution in [-0.4, -0.2) is 47.7 Å². The topological polar surface area (TPSA) is 115 Å². The van der Waals surface area contributed by atoms with E-state index in [4.69, 9.17) is 4.74 Å². The molecule has 170 valence electrons. The summed E-state index contributed by atoms with van der Waals surface area (Å²) >= 11 is 1.21. The van der Waals surface area contributed by atoms with Crippen molar-refractivity contribution in [3.8, 4) is 5.75 Å². The third kappa shape index (κ3) is 4.49. The number of nitrogens with one attached hydrogen (secondary N) is 2. The van der Waals surface area contributed by atoms with E-state index in [1.807, 2.05) is 39.0 Å². The molecule has 2 aromatic heterocycles. The minimum atomic E-state index is -3.00. The Labute approximate surface area is 190 Å². The molecule has 1 unspecified atom stereocenters. The average Bonchev–Trinajstić information content (AvgIpc) is 3.44. The van der Waals surface area contributed by atoms with Gasteiger partial charge in [0.2, 0.25) is 0 Å². The van der Waals surface area contributed by atoms with E-state index in [9.17, 15) is 13.2 Å². The molecule has 3 aromatic rings. The van der Waals surface area contributed by atoms with Crippen LogP contribution in [0.25, 0.3) is 0 Å². The Balaban J connectivity index is 1.47. The lowest BCUT2D eigenvalue weighted by Crippen LogP contribution is -2.13. The fourth-order valence-electron chi connectivity index (χ4n) is 3.85. The number of hydrogen-bond acceptors (Lipinski definition) is 8. The average molecular weight is 476 g/mol. The fourth-order valence-corrected chi connectivity index (χ4v) is 6.26. The Morgan fingerprint density at radius 1 is 1.28 bits per heavy atom. The second kappa shape index (κ2) is 8.55. The molecule has 0 spiro atoms. The molecule has 4 rings (SSSR count). The number of anilines is 3. The Morgan fingerprint density at radius 3 is 2.75 bits per heavy atom. The first kappa shape index (κ1) is 22.3. The van der Waals surface area contributed by atoms with Crippen LogP contribution in [0.15, 0.2) is 24.4 Å². The van der Waals surface area contributed by atoms with Crippen LogP contribution in [0, 0.1) is 20.8 Å². The highest BCUT2D eigenvalue weighted by molar-refractivity contribution is 7.91. The standard InChI is InChI=1S/C21H25N5O4S2/c1-12-5-6-16(30-4)14(3)19(12)24-20(27)17-10-22-21(31-17)23-18-9-13(2)26(25-18)15-7-8-32(28,29)11-15/h5-6,9-10,15H,7-8,11H2,1-4H3,(H,24,27)(H,22,23,25). The lowest BCUT2D eigenvalue weighted by molar-refractivity contribution is 0.103. The number of aromatic nitrogens is 3. The van der Waals surface area contributed by atoms with Crippen molar-refractivity contribution < 1.29 is 17.9 Å². The number of thiazole rings is 1. The van der Waals surface area contributed by atoms with Gasteiger partial charge in [-0.2, -0.15) is 5.10 Å². The van der Waals surface area contributed by atoms with Crippen LogP contribution >= 0.6 is 11.3 Å². The van der Waals surface area contributed by atoms with Gasteiger partial charge in [-0.15, -0.1) is 0 Å². The second-order valence-corrected chi connectivity index (χ2v) is 11.1. The summed E-state index contributed by atoms with van der Waals surface area (Å²) in [4.78, 5) is 17.5. The molecule has 32 heavy (non-hydrogen) atoms. The highest BCUT2D eigenvalue weighted by Crippen LogP contribution is 2.31. The zero-order chi connectivity index (χ0) is 23.0. The molecule has 2 N–H and O–H groups in total. The molecule has 1 aliphatic rings. The van der Waals surface area contributed by atoms with Gasteiger partial charge in [0.15, 0.2) is 20.8 Å². The summed E-state index contributed by atoms with van der Waals surface area (Å²) in [7, 11) is -1.40. The van der Waals surface area contributed by atoms with Crippen molar-refractivity contribution in [3.63, 3.8) is 0 Å². The molecule has 0 radical (unpaired) electrons. The summed E-state index contributed by atoms with van der Waals surface area (Å²) in [6.45, 7) is 5.72. The van der Waals surface area contributed by atoms with Gasteiger partial charge in [0, 0.05) is 17.3 Å². The molecule has 9 nitrogen and oxygen atoms in total. The first-order valence-electron chi connectivity index (χ1n) is 10.1. The molecular formula is C21H25N5O4S2. The predicted octanol–water partition coefficient (Wildman–Crippen LogP) is 3.63. The molecule has 1 amide bonds. The highest BCUT2D eigenvalue weighted by atomic mass is 32.2. The van der Waals surface area contributed by atoms with Crippen molar-refractivity contribution in [2.75, 3.05) is 29.2 Å². The van der Waals surface area contributed by atoms with Gasteiger partial charge in [0.05, 0.1) is 36.5 Å². The number of carbonyl (C=O) groups is 1. The molecule has 11 heteroatoms. The molecule has 0 bridgehead atoms. The van der Waals surface area contributed by atoms with Gasteiger partial charge in [-0.3, -0.25) is 9.48 Å². The summed E-state index contributed by atoms with van der Waals surface area (Å²) in [5.41, 5.74) is 3.39. The van der Waals surface area contributed by atoms with Crippen LogP contribution in [-0.2, 0) is 9.84 Å². The van der Waals surface area contributed by atoms with E-state index in [1.54, 1.807) is 11.8 Å². The Kier molecular flexibility index (Phi) is 5.95. The van der Waals surface area contributed by atoms with Crippen LogP contribution < -0.4 is 15.4 Å². The van der Waals surface area contributed by atoms with Crippen LogP contribution in [0.4, 0.5) is 16.6 Å². The highest BCUT2D eigenvalue weighted by Gasteiger charge is 2.30. The Hall–Kier alpha value is -2.92. The van der Waals surface area contributed by atoms with Gasteiger partial charge >= 0.3 is 0 Å². The molecule has 1 saturated heterocycles. The number of amides is 1. The van der Waals surface area contributed by atoms with E-state index in [1.165, 1.54) is 17.5 Å². The second-order valence-electron chi connectivity index (χ2n) is 7.87. The normalized spacial score (nSPS) is 17.3. The number of aryl methyl sites for hydroxylation is 2.